The molecule has 2 aliphatic rings. The highest BCUT2D eigenvalue weighted by Gasteiger charge is 2.30. The van der Waals surface area contributed by atoms with E-state index in [9.17, 15) is 14.4 Å². The SMILES string of the molecule is Cc1csc(NC(=O)c2csc(C3CCN(C(=O)N4CCN(c5ccccn5)CC4)CC3)n2)c1C(N)=O. The third-order valence-corrected chi connectivity index (χ3v) is 8.86. The van der Waals surface area contributed by atoms with Crippen molar-refractivity contribution >= 4 is 51.3 Å². The fraction of sp³-hybridized carbons (Fsp3) is 0.400. The number of aromatic nitrogens is 2. The van der Waals surface area contributed by atoms with Gasteiger partial charge in [-0.25, -0.2) is 14.8 Å². The van der Waals surface area contributed by atoms with Gasteiger partial charge in [0, 0.05) is 56.8 Å². The van der Waals surface area contributed by atoms with E-state index in [1.54, 1.807) is 23.9 Å². The number of nitrogens with zero attached hydrogens (tertiary/aromatic N) is 5. The number of nitrogens with two attached hydrogens (primary N) is 1. The Bertz CT molecular complexity index is 1280. The smallest absolute Gasteiger partial charge is 0.320 e. The van der Waals surface area contributed by atoms with E-state index in [-0.39, 0.29) is 17.9 Å². The summed E-state index contributed by atoms with van der Waals surface area (Å²) in [4.78, 5) is 52.6. The van der Waals surface area contributed by atoms with Crippen molar-refractivity contribution in [3.8, 4) is 0 Å². The number of aryl methyl sites for hydroxylation is 1. The lowest BCUT2D eigenvalue weighted by molar-refractivity contribution is 0.100. The molecule has 3 aromatic heterocycles. The van der Waals surface area contributed by atoms with E-state index >= 15 is 0 Å². The first-order valence-electron chi connectivity index (χ1n) is 12.2. The maximum absolute atomic E-state index is 13.1. The summed E-state index contributed by atoms with van der Waals surface area (Å²) in [7, 11) is 0. The van der Waals surface area contributed by atoms with Crippen LogP contribution in [0.2, 0.25) is 0 Å². The topological polar surface area (TPSA) is 125 Å². The molecule has 0 bridgehead atoms. The van der Waals surface area contributed by atoms with Crippen molar-refractivity contribution in [1.82, 2.24) is 19.8 Å². The van der Waals surface area contributed by atoms with Gasteiger partial charge in [0.2, 0.25) is 0 Å². The van der Waals surface area contributed by atoms with Crippen LogP contribution in [0.1, 0.15) is 50.2 Å². The quantitative estimate of drug-likeness (QED) is 0.512. The monoisotopic (exact) mass is 539 g/mol. The Morgan fingerprint density at radius 2 is 1.73 bits per heavy atom. The van der Waals surface area contributed by atoms with Gasteiger partial charge in [0.15, 0.2) is 0 Å². The highest BCUT2D eigenvalue weighted by atomic mass is 32.1. The zero-order valence-electron chi connectivity index (χ0n) is 20.6. The number of pyridine rings is 1. The fourth-order valence-corrected chi connectivity index (χ4v) is 6.69. The molecule has 3 N–H and O–H groups in total. The van der Waals surface area contributed by atoms with Gasteiger partial charge in [-0.15, -0.1) is 22.7 Å². The van der Waals surface area contributed by atoms with Crippen LogP contribution in [-0.2, 0) is 0 Å². The summed E-state index contributed by atoms with van der Waals surface area (Å²) < 4.78 is 0. The number of amides is 4. The van der Waals surface area contributed by atoms with E-state index in [1.807, 2.05) is 28.0 Å². The molecule has 2 fully saturated rings. The van der Waals surface area contributed by atoms with Crippen LogP contribution >= 0.6 is 22.7 Å². The lowest BCUT2D eigenvalue weighted by Crippen LogP contribution is -2.54. The Labute approximate surface area is 223 Å². The zero-order chi connectivity index (χ0) is 25.9. The number of thiazole rings is 1. The third-order valence-electron chi connectivity index (χ3n) is 6.84. The summed E-state index contributed by atoms with van der Waals surface area (Å²) in [6.07, 6.45) is 3.41. The molecule has 194 valence electrons. The first-order valence-corrected chi connectivity index (χ1v) is 14.0. The van der Waals surface area contributed by atoms with Crippen LogP contribution in [0.15, 0.2) is 35.2 Å². The first kappa shape index (κ1) is 25.2. The lowest BCUT2D eigenvalue weighted by Gasteiger charge is -2.39. The van der Waals surface area contributed by atoms with Crippen LogP contribution in [0.25, 0.3) is 0 Å². The summed E-state index contributed by atoms with van der Waals surface area (Å²) in [6, 6.07) is 5.97. The minimum atomic E-state index is -0.565. The molecule has 37 heavy (non-hydrogen) atoms. The molecule has 2 aliphatic heterocycles. The minimum Gasteiger partial charge on any atom is -0.365 e. The zero-order valence-corrected chi connectivity index (χ0v) is 22.2. The number of carbonyl (C=O) groups is 3. The number of thiophene rings is 1. The molecular formula is C25H29N7O3S2. The number of carbonyl (C=O) groups excluding carboxylic acids is 3. The van der Waals surface area contributed by atoms with Gasteiger partial charge in [0.25, 0.3) is 11.8 Å². The summed E-state index contributed by atoms with van der Waals surface area (Å²) in [5.41, 5.74) is 6.85. The van der Waals surface area contributed by atoms with Gasteiger partial charge in [0.05, 0.1) is 10.6 Å². The Morgan fingerprint density at radius 3 is 2.41 bits per heavy atom. The van der Waals surface area contributed by atoms with Crippen LogP contribution in [0.3, 0.4) is 0 Å². The van der Waals surface area contributed by atoms with E-state index in [1.165, 1.54) is 22.7 Å². The van der Waals surface area contributed by atoms with Crippen molar-refractivity contribution in [3.63, 3.8) is 0 Å². The second-order valence-electron chi connectivity index (χ2n) is 9.22. The van der Waals surface area contributed by atoms with Crippen LogP contribution < -0.4 is 16.0 Å². The van der Waals surface area contributed by atoms with Crippen molar-refractivity contribution in [2.75, 3.05) is 49.5 Å². The number of piperazine rings is 1. The van der Waals surface area contributed by atoms with Crippen molar-refractivity contribution in [1.29, 1.82) is 0 Å². The van der Waals surface area contributed by atoms with Crippen LogP contribution in [0, 0.1) is 6.92 Å². The Morgan fingerprint density at radius 1 is 1.00 bits per heavy atom. The van der Waals surface area contributed by atoms with Gasteiger partial charge in [-0.1, -0.05) is 6.07 Å². The molecule has 10 nitrogen and oxygen atoms in total. The van der Waals surface area contributed by atoms with Gasteiger partial charge in [-0.05, 0) is 42.8 Å². The molecule has 3 aromatic rings. The number of hydrogen-bond acceptors (Lipinski definition) is 8. The van der Waals surface area contributed by atoms with Gasteiger partial charge in [-0.2, -0.15) is 0 Å². The van der Waals surface area contributed by atoms with E-state index in [0.29, 0.717) is 42.4 Å². The summed E-state index contributed by atoms with van der Waals surface area (Å²) in [6.45, 7) is 6.03. The maximum atomic E-state index is 13.1. The standard InChI is InChI=1S/C25H29N7O3S2/c1-16-14-36-24(20(16)21(26)33)29-22(34)18-15-37-23(28-18)17-5-8-31(9-6-17)25(35)32-12-10-30(11-13-32)19-4-2-3-7-27-19/h2-4,7,14-15,17H,5-6,8-13H2,1H3,(H2,26,33)(H,29,34). The van der Waals surface area contributed by atoms with Crippen LogP contribution in [0.5, 0.6) is 0 Å². The lowest BCUT2D eigenvalue weighted by atomic mass is 9.98. The second-order valence-corrected chi connectivity index (χ2v) is 11.0. The molecule has 12 heteroatoms. The molecule has 0 spiro atoms. The van der Waals surface area contributed by atoms with E-state index < -0.39 is 5.91 Å². The highest BCUT2D eigenvalue weighted by molar-refractivity contribution is 7.15. The third kappa shape index (κ3) is 5.44. The molecule has 0 atom stereocenters. The van der Waals surface area contributed by atoms with Gasteiger partial charge in [-0.3, -0.25) is 9.59 Å². The number of rotatable bonds is 5. The molecule has 4 amide bonds. The predicted octanol–water partition coefficient (Wildman–Crippen LogP) is 3.38. The van der Waals surface area contributed by atoms with Crippen LogP contribution in [-0.4, -0.2) is 76.9 Å². The molecule has 0 saturated carbocycles. The molecule has 5 heterocycles. The number of piperidine rings is 1. The average Bonchev–Trinajstić information content (AvgIpc) is 3.56. The van der Waals surface area contributed by atoms with Crippen LogP contribution in [0.4, 0.5) is 15.6 Å². The molecule has 0 unspecified atom stereocenters. The fourth-order valence-electron chi connectivity index (χ4n) is 4.77. The normalized spacial score (nSPS) is 16.6. The van der Waals surface area contributed by atoms with Crippen molar-refractivity contribution in [3.05, 3.63) is 57.0 Å². The number of likely N-dealkylation sites (tertiary alicyclic amines) is 1. The molecule has 0 aromatic carbocycles. The Balaban J connectivity index is 1.12. The number of hydrogen-bond donors (Lipinski definition) is 2. The van der Waals surface area contributed by atoms with E-state index in [0.717, 1.165) is 42.3 Å². The highest BCUT2D eigenvalue weighted by Crippen LogP contribution is 2.32. The van der Waals surface area contributed by atoms with E-state index in [2.05, 4.69) is 20.2 Å². The van der Waals surface area contributed by atoms with Crippen molar-refractivity contribution in [2.24, 2.45) is 5.73 Å². The molecule has 5 rings (SSSR count). The number of primary amides is 1. The predicted molar refractivity (Wildman–Crippen MR) is 145 cm³/mol. The number of anilines is 2. The van der Waals surface area contributed by atoms with Crippen molar-refractivity contribution < 1.29 is 14.4 Å². The largest absolute Gasteiger partial charge is 0.365 e. The van der Waals surface area contributed by atoms with Gasteiger partial charge >= 0.3 is 6.03 Å². The Hall–Kier alpha value is -3.51. The maximum Gasteiger partial charge on any atom is 0.320 e. The molecule has 0 radical (unpaired) electrons. The summed E-state index contributed by atoms with van der Waals surface area (Å²) >= 11 is 2.73. The Kier molecular flexibility index (Phi) is 7.38. The molecule has 2 saturated heterocycles. The van der Waals surface area contributed by atoms with Gasteiger partial charge in [0.1, 0.15) is 16.5 Å². The molecule has 0 aliphatic carbocycles. The minimum absolute atomic E-state index is 0.0924. The first-order chi connectivity index (χ1) is 17.9. The van der Waals surface area contributed by atoms with Gasteiger partial charge < -0.3 is 25.8 Å². The molecular weight excluding hydrogens is 510 g/mol. The van der Waals surface area contributed by atoms with Crippen molar-refractivity contribution in [2.45, 2.75) is 25.7 Å². The summed E-state index contributed by atoms with van der Waals surface area (Å²) in [5.74, 6) is 0.237. The van der Waals surface area contributed by atoms with E-state index in [4.69, 9.17) is 5.73 Å². The number of nitrogens with one attached hydrogen (secondary N) is 1. The summed E-state index contributed by atoms with van der Waals surface area (Å²) in [5, 5.41) is 7.65. The number of urea groups is 1. The second kappa shape index (κ2) is 10.9. The average molecular weight is 540 g/mol.